The molecule has 0 amide bonds. The lowest BCUT2D eigenvalue weighted by molar-refractivity contribution is 0.205. The summed E-state index contributed by atoms with van der Waals surface area (Å²) in [5, 5.41) is 5.42. The fourth-order valence-corrected chi connectivity index (χ4v) is 11.6. The molecule has 6 unspecified atom stereocenters. The highest BCUT2D eigenvalue weighted by Crippen LogP contribution is 2.74. The molecule has 1 aromatic heterocycles. The molecule has 1 spiro atoms. The maximum absolute atomic E-state index is 7.26. The molecule has 266 valence electrons. The molecule has 1 fully saturated rings. The standard InChI is InChI=1S/C50H44N2OS/c1-30-21-23-33(24-22-30)47-31(2)27-43(32-11-4-3-5-12-32)51-49(52-47)36-14-8-13-34(28-36)35-25-26-40-44(29-35)53-50-41(18-10-19-42(50)46(40)50)39-17-9-16-38-37-15-6-7-20-45(37)54-48(38)39/h3-8,11-15,17-18,20-26,28-29,31,42-43,46,49,51H,9-10,16,19,27H2,1-2H3. The van der Waals surface area contributed by atoms with Crippen molar-refractivity contribution in [1.29, 1.82) is 0 Å². The van der Waals surface area contributed by atoms with E-state index in [1.165, 1.54) is 82.7 Å². The molecule has 0 radical (unpaired) electrons. The van der Waals surface area contributed by atoms with Gasteiger partial charge in [-0.2, -0.15) is 0 Å². The van der Waals surface area contributed by atoms with Gasteiger partial charge in [0.25, 0.3) is 0 Å². The molecule has 5 aliphatic rings. The van der Waals surface area contributed by atoms with Gasteiger partial charge in [0, 0.05) is 50.2 Å². The number of nitrogens with zero attached hydrogens (tertiary/aromatic N) is 1. The highest BCUT2D eigenvalue weighted by molar-refractivity contribution is 7.20. The van der Waals surface area contributed by atoms with Crippen LogP contribution in [0.5, 0.6) is 5.75 Å². The minimum atomic E-state index is -0.230. The third-order valence-corrected chi connectivity index (χ3v) is 14.2. The normalized spacial score (nSPS) is 26.6. The van der Waals surface area contributed by atoms with E-state index < -0.39 is 0 Å². The lowest BCUT2D eigenvalue weighted by Crippen LogP contribution is -2.26. The summed E-state index contributed by atoms with van der Waals surface area (Å²) in [4.78, 5) is 6.98. The van der Waals surface area contributed by atoms with Crippen LogP contribution in [-0.4, -0.2) is 11.3 Å². The quantitative estimate of drug-likeness (QED) is 0.192. The predicted molar refractivity (Wildman–Crippen MR) is 223 cm³/mol. The van der Waals surface area contributed by atoms with Crippen molar-refractivity contribution < 1.29 is 4.74 Å². The number of nitrogens with one attached hydrogen (secondary N) is 1. The summed E-state index contributed by atoms with van der Waals surface area (Å²) in [5.74, 6) is 2.35. The second kappa shape index (κ2) is 12.5. The van der Waals surface area contributed by atoms with Crippen LogP contribution in [0.15, 0.2) is 144 Å². The topological polar surface area (TPSA) is 33.6 Å². The largest absolute Gasteiger partial charge is 0.481 e. The molecule has 4 heteroatoms. The average molecular weight is 721 g/mol. The first-order valence-electron chi connectivity index (χ1n) is 19.9. The summed E-state index contributed by atoms with van der Waals surface area (Å²) in [6.07, 6.45) is 10.4. The van der Waals surface area contributed by atoms with Gasteiger partial charge in [-0.3, -0.25) is 10.3 Å². The second-order valence-corrected chi connectivity index (χ2v) is 17.2. The summed E-state index contributed by atoms with van der Waals surface area (Å²) in [5.41, 5.74) is 14.1. The van der Waals surface area contributed by atoms with Crippen molar-refractivity contribution in [3.05, 3.63) is 177 Å². The first kappa shape index (κ1) is 32.4. The molecular formula is C50H44N2OS. The summed E-state index contributed by atoms with van der Waals surface area (Å²) in [7, 11) is 0. The molecule has 5 aromatic carbocycles. The van der Waals surface area contributed by atoms with Crippen molar-refractivity contribution in [2.75, 3.05) is 0 Å². The van der Waals surface area contributed by atoms with Crippen molar-refractivity contribution in [1.82, 2.24) is 5.32 Å². The number of rotatable bonds is 5. The van der Waals surface area contributed by atoms with Crippen molar-refractivity contribution in [3.8, 4) is 16.9 Å². The maximum atomic E-state index is 7.26. The Balaban J connectivity index is 0.927. The van der Waals surface area contributed by atoms with E-state index in [2.05, 4.69) is 153 Å². The molecule has 3 aliphatic carbocycles. The molecule has 0 bridgehead atoms. The molecule has 1 N–H and O–H groups in total. The minimum Gasteiger partial charge on any atom is -0.481 e. The van der Waals surface area contributed by atoms with Crippen molar-refractivity contribution in [2.45, 2.75) is 69.7 Å². The molecule has 3 heterocycles. The van der Waals surface area contributed by atoms with E-state index in [1.54, 1.807) is 0 Å². The van der Waals surface area contributed by atoms with E-state index in [0.29, 0.717) is 17.8 Å². The number of hydrogen-bond acceptors (Lipinski definition) is 4. The fourth-order valence-electron chi connectivity index (χ4n) is 10.3. The highest BCUT2D eigenvalue weighted by atomic mass is 32.1. The molecular weight excluding hydrogens is 677 g/mol. The van der Waals surface area contributed by atoms with Crippen molar-refractivity contribution in [3.63, 3.8) is 0 Å². The molecule has 2 aliphatic heterocycles. The molecule has 3 nitrogen and oxygen atoms in total. The van der Waals surface area contributed by atoms with Gasteiger partial charge in [0.2, 0.25) is 0 Å². The SMILES string of the molecule is Cc1ccc(C2=NC(c3cccc(-c4ccc5c(c4)OC46C(C7=CCCc8c7sc7ccccc87)=CCCC4C56)c3)NC(c3ccccc3)CC2C)cc1. The van der Waals surface area contributed by atoms with Crippen LogP contribution < -0.4 is 10.1 Å². The molecule has 54 heavy (non-hydrogen) atoms. The van der Waals surface area contributed by atoms with Crippen molar-refractivity contribution in [2.24, 2.45) is 16.8 Å². The van der Waals surface area contributed by atoms with E-state index in [-0.39, 0.29) is 17.8 Å². The lowest BCUT2D eigenvalue weighted by Gasteiger charge is -2.28. The Hall–Kier alpha value is -5.03. The zero-order valence-electron chi connectivity index (χ0n) is 30.9. The smallest absolute Gasteiger partial charge is 0.145 e. The Morgan fingerprint density at radius 1 is 0.778 bits per heavy atom. The van der Waals surface area contributed by atoms with E-state index in [0.717, 1.165) is 31.4 Å². The Morgan fingerprint density at radius 2 is 1.57 bits per heavy atom. The van der Waals surface area contributed by atoms with Crippen LogP contribution in [0.3, 0.4) is 0 Å². The number of benzene rings is 5. The van der Waals surface area contributed by atoms with E-state index >= 15 is 0 Å². The number of thiophene rings is 1. The van der Waals surface area contributed by atoms with Crippen LogP contribution in [-0.2, 0) is 6.42 Å². The first-order chi connectivity index (χ1) is 26.5. The van der Waals surface area contributed by atoms with Gasteiger partial charge < -0.3 is 4.74 Å². The van der Waals surface area contributed by atoms with E-state index in [9.17, 15) is 0 Å². The van der Waals surface area contributed by atoms with Gasteiger partial charge in [-0.25, -0.2) is 0 Å². The summed E-state index contributed by atoms with van der Waals surface area (Å²) >= 11 is 1.97. The van der Waals surface area contributed by atoms with Crippen LogP contribution in [0, 0.1) is 18.8 Å². The first-order valence-corrected chi connectivity index (χ1v) is 20.7. The molecule has 6 atom stereocenters. The number of allylic oxidation sites excluding steroid dienone is 2. The summed E-state index contributed by atoms with van der Waals surface area (Å²) in [6, 6.07) is 44.9. The summed E-state index contributed by atoms with van der Waals surface area (Å²) in [6.45, 7) is 4.47. The zero-order valence-corrected chi connectivity index (χ0v) is 31.7. The Labute approximate surface area is 322 Å². The molecule has 6 aromatic rings. The third kappa shape index (κ3) is 5.07. The van der Waals surface area contributed by atoms with E-state index in [1.807, 2.05) is 11.3 Å². The van der Waals surface area contributed by atoms with Crippen molar-refractivity contribution >= 4 is 32.7 Å². The van der Waals surface area contributed by atoms with Gasteiger partial charge in [-0.05, 0) is 102 Å². The number of aryl methyl sites for hydroxylation is 2. The van der Waals surface area contributed by atoms with Crippen LogP contribution >= 0.6 is 11.3 Å². The monoisotopic (exact) mass is 720 g/mol. The van der Waals surface area contributed by atoms with Gasteiger partial charge >= 0.3 is 0 Å². The highest BCUT2D eigenvalue weighted by Gasteiger charge is 2.74. The van der Waals surface area contributed by atoms with Crippen LogP contribution in [0.25, 0.3) is 26.8 Å². The van der Waals surface area contributed by atoms with Gasteiger partial charge in [0.15, 0.2) is 0 Å². The second-order valence-electron chi connectivity index (χ2n) is 16.2. The average Bonchev–Trinajstić information content (AvgIpc) is 3.60. The summed E-state index contributed by atoms with van der Waals surface area (Å²) < 4.78 is 8.66. The Kier molecular flexibility index (Phi) is 7.51. The van der Waals surface area contributed by atoms with E-state index in [4.69, 9.17) is 9.73 Å². The van der Waals surface area contributed by atoms with Gasteiger partial charge in [0.1, 0.15) is 17.5 Å². The minimum absolute atomic E-state index is 0.174. The van der Waals surface area contributed by atoms with Crippen LogP contribution in [0.1, 0.15) is 89.0 Å². The Morgan fingerprint density at radius 3 is 2.46 bits per heavy atom. The fraction of sp³-hybridized carbons (Fsp3) is 0.260. The maximum Gasteiger partial charge on any atom is 0.145 e. The van der Waals surface area contributed by atoms with Gasteiger partial charge in [0.05, 0.1) is 0 Å². The zero-order chi connectivity index (χ0) is 36.0. The number of hydrogen-bond donors (Lipinski definition) is 1. The number of fused-ring (bicyclic) bond motifs is 6. The third-order valence-electron chi connectivity index (χ3n) is 12.9. The van der Waals surface area contributed by atoms with Crippen LogP contribution in [0.2, 0.25) is 0 Å². The van der Waals surface area contributed by atoms with Gasteiger partial charge in [-0.1, -0.05) is 128 Å². The Bertz CT molecular complexity index is 2540. The molecule has 11 rings (SSSR count). The lowest BCUT2D eigenvalue weighted by atomic mass is 9.84. The predicted octanol–water partition coefficient (Wildman–Crippen LogP) is 12.3. The number of aliphatic imine (C=N–C) groups is 1. The van der Waals surface area contributed by atoms with Gasteiger partial charge in [-0.15, -0.1) is 11.3 Å². The van der Waals surface area contributed by atoms with Crippen LogP contribution in [0.4, 0.5) is 0 Å². The molecule has 1 saturated carbocycles. The number of ether oxygens (including phenoxy) is 1. The molecule has 0 saturated heterocycles.